The number of aromatic nitrogens is 2. The van der Waals surface area contributed by atoms with Gasteiger partial charge in [0.25, 0.3) is 0 Å². The lowest BCUT2D eigenvalue weighted by Crippen LogP contribution is -2.21. The Bertz CT molecular complexity index is 384. The Morgan fingerprint density at radius 1 is 1.29 bits per heavy atom. The first-order chi connectivity index (χ1) is 8.36. The van der Waals surface area contributed by atoms with Crippen LogP contribution in [0.2, 0.25) is 0 Å². The first-order valence-corrected chi connectivity index (χ1v) is 6.56. The summed E-state index contributed by atoms with van der Waals surface area (Å²) in [6.07, 6.45) is 5.81. The molecule has 3 rings (SSSR count). The molecule has 0 amide bonds. The van der Waals surface area contributed by atoms with Crippen LogP contribution in [0, 0.1) is 11.8 Å². The van der Waals surface area contributed by atoms with Gasteiger partial charge in [-0.15, -0.1) is 0 Å². The van der Waals surface area contributed by atoms with Gasteiger partial charge in [-0.1, -0.05) is 6.42 Å². The highest BCUT2D eigenvalue weighted by atomic mass is 16.5. The zero-order chi connectivity index (χ0) is 11.7. The van der Waals surface area contributed by atoms with Crippen LogP contribution in [0.15, 0.2) is 12.4 Å². The Morgan fingerprint density at radius 2 is 2.06 bits per heavy atom. The molecule has 17 heavy (non-hydrogen) atoms. The first-order valence-electron chi connectivity index (χ1n) is 6.56. The molecule has 4 nitrogen and oxygen atoms in total. The van der Waals surface area contributed by atoms with Crippen LogP contribution in [0.5, 0.6) is 5.88 Å². The van der Waals surface area contributed by atoms with Gasteiger partial charge in [-0.3, -0.25) is 0 Å². The molecule has 2 unspecified atom stereocenters. The third-order valence-corrected chi connectivity index (χ3v) is 3.97. The molecule has 0 radical (unpaired) electrons. The van der Waals surface area contributed by atoms with Crippen LogP contribution in [-0.4, -0.2) is 29.7 Å². The van der Waals surface area contributed by atoms with E-state index < -0.39 is 0 Å². The molecule has 1 saturated heterocycles. The number of anilines is 1. The van der Waals surface area contributed by atoms with Crippen molar-refractivity contribution in [2.45, 2.75) is 26.2 Å². The monoisotopic (exact) mass is 233 g/mol. The summed E-state index contributed by atoms with van der Waals surface area (Å²) in [5, 5.41) is 0. The van der Waals surface area contributed by atoms with Gasteiger partial charge < -0.3 is 9.64 Å². The third kappa shape index (κ3) is 2.08. The molecule has 0 bridgehead atoms. The average molecular weight is 233 g/mol. The maximum absolute atomic E-state index is 5.42. The van der Waals surface area contributed by atoms with E-state index in [9.17, 15) is 0 Å². The molecule has 1 aliphatic carbocycles. The Morgan fingerprint density at radius 3 is 2.76 bits per heavy atom. The molecular formula is C13H19N3O. The molecule has 2 fully saturated rings. The lowest BCUT2D eigenvalue weighted by molar-refractivity contribution is 0.326. The number of hydrogen-bond acceptors (Lipinski definition) is 4. The van der Waals surface area contributed by atoms with Gasteiger partial charge >= 0.3 is 0 Å². The maximum Gasteiger partial charge on any atom is 0.218 e. The van der Waals surface area contributed by atoms with Crippen molar-refractivity contribution in [2.75, 3.05) is 24.6 Å². The zero-order valence-electron chi connectivity index (χ0n) is 10.3. The van der Waals surface area contributed by atoms with E-state index in [1.807, 2.05) is 13.0 Å². The van der Waals surface area contributed by atoms with Gasteiger partial charge in [-0.2, -0.15) is 0 Å². The Hall–Kier alpha value is -1.32. The van der Waals surface area contributed by atoms with Gasteiger partial charge in [0.2, 0.25) is 5.88 Å². The van der Waals surface area contributed by atoms with E-state index in [0.717, 1.165) is 30.7 Å². The summed E-state index contributed by atoms with van der Waals surface area (Å²) in [5.41, 5.74) is 0. The van der Waals surface area contributed by atoms with Gasteiger partial charge in [-0.05, 0) is 31.6 Å². The number of rotatable bonds is 3. The van der Waals surface area contributed by atoms with Crippen molar-refractivity contribution in [3.8, 4) is 5.88 Å². The fourth-order valence-corrected chi connectivity index (χ4v) is 3.15. The molecule has 2 heterocycles. The largest absolute Gasteiger partial charge is 0.478 e. The SMILES string of the molecule is CCOc1cc(N2CC3CCCC3C2)ncn1. The highest BCUT2D eigenvalue weighted by Gasteiger charge is 2.36. The molecule has 0 aromatic carbocycles. The van der Waals surface area contributed by atoms with E-state index >= 15 is 0 Å². The lowest BCUT2D eigenvalue weighted by Gasteiger charge is -2.18. The number of nitrogens with zero attached hydrogens (tertiary/aromatic N) is 3. The Balaban J connectivity index is 1.74. The quantitative estimate of drug-likeness (QED) is 0.801. The second-order valence-corrected chi connectivity index (χ2v) is 5.00. The smallest absolute Gasteiger partial charge is 0.218 e. The second kappa shape index (κ2) is 4.51. The molecule has 0 N–H and O–H groups in total. The van der Waals surface area contributed by atoms with Gasteiger partial charge in [0, 0.05) is 19.2 Å². The van der Waals surface area contributed by atoms with E-state index in [4.69, 9.17) is 4.74 Å². The van der Waals surface area contributed by atoms with Crippen LogP contribution in [0.1, 0.15) is 26.2 Å². The summed E-state index contributed by atoms with van der Waals surface area (Å²) < 4.78 is 5.42. The molecule has 2 atom stereocenters. The van der Waals surface area contributed by atoms with Crippen molar-refractivity contribution in [3.63, 3.8) is 0 Å². The van der Waals surface area contributed by atoms with Crippen molar-refractivity contribution in [1.29, 1.82) is 0 Å². The van der Waals surface area contributed by atoms with Crippen molar-refractivity contribution in [1.82, 2.24) is 9.97 Å². The Labute approximate surface area is 102 Å². The average Bonchev–Trinajstić information content (AvgIpc) is 2.89. The van der Waals surface area contributed by atoms with Gasteiger partial charge in [0.1, 0.15) is 12.1 Å². The zero-order valence-corrected chi connectivity index (χ0v) is 10.3. The molecule has 92 valence electrons. The summed E-state index contributed by atoms with van der Waals surface area (Å²) >= 11 is 0. The van der Waals surface area contributed by atoms with E-state index in [2.05, 4.69) is 14.9 Å². The maximum atomic E-state index is 5.42. The van der Waals surface area contributed by atoms with Crippen LogP contribution in [0.3, 0.4) is 0 Å². The molecule has 4 heteroatoms. The molecule has 1 aliphatic heterocycles. The van der Waals surface area contributed by atoms with Crippen LogP contribution in [0.4, 0.5) is 5.82 Å². The summed E-state index contributed by atoms with van der Waals surface area (Å²) in [6.45, 7) is 4.95. The van der Waals surface area contributed by atoms with E-state index in [1.165, 1.54) is 19.3 Å². The summed E-state index contributed by atoms with van der Waals surface area (Å²) in [4.78, 5) is 10.9. The first kappa shape index (κ1) is 10.8. The predicted molar refractivity (Wildman–Crippen MR) is 66.2 cm³/mol. The van der Waals surface area contributed by atoms with Crippen LogP contribution >= 0.6 is 0 Å². The molecule has 1 aromatic rings. The van der Waals surface area contributed by atoms with Crippen molar-refractivity contribution >= 4 is 5.82 Å². The summed E-state index contributed by atoms with van der Waals surface area (Å²) in [7, 11) is 0. The molecule has 2 aliphatic rings. The van der Waals surface area contributed by atoms with Crippen LogP contribution in [-0.2, 0) is 0 Å². The van der Waals surface area contributed by atoms with Crippen molar-refractivity contribution in [3.05, 3.63) is 12.4 Å². The molecule has 0 spiro atoms. The number of ether oxygens (including phenoxy) is 1. The Kier molecular flexibility index (Phi) is 2.87. The van der Waals surface area contributed by atoms with Crippen molar-refractivity contribution in [2.24, 2.45) is 11.8 Å². The standard InChI is InChI=1S/C13H19N3O/c1-2-17-13-6-12(14-9-15-13)16-7-10-4-3-5-11(10)8-16/h6,9-11H,2-5,7-8H2,1H3. The lowest BCUT2D eigenvalue weighted by atomic mass is 10.0. The minimum Gasteiger partial charge on any atom is -0.478 e. The van der Waals surface area contributed by atoms with E-state index in [0.29, 0.717) is 12.5 Å². The fraction of sp³-hybridized carbons (Fsp3) is 0.692. The third-order valence-electron chi connectivity index (χ3n) is 3.97. The van der Waals surface area contributed by atoms with Gasteiger partial charge in [0.15, 0.2) is 0 Å². The van der Waals surface area contributed by atoms with E-state index in [-0.39, 0.29) is 0 Å². The fourth-order valence-electron chi connectivity index (χ4n) is 3.15. The molecule has 1 aromatic heterocycles. The second-order valence-electron chi connectivity index (χ2n) is 5.00. The normalized spacial score (nSPS) is 27.2. The predicted octanol–water partition coefficient (Wildman–Crippen LogP) is 2.11. The van der Waals surface area contributed by atoms with E-state index in [1.54, 1.807) is 6.33 Å². The molecule has 1 saturated carbocycles. The van der Waals surface area contributed by atoms with Crippen LogP contribution in [0.25, 0.3) is 0 Å². The highest BCUT2D eigenvalue weighted by molar-refractivity contribution is 5.42. The minimum atomic E-state index is 0.654. The number of fused-ring (bicyclic) bond motifs is 1. The minimum absolute atomic E-state index is 0.654. The van der Waals surface area contributed by atoms with Crippen LogP contribution < -0.4 is 9.64 Å². The molecular weight excluding hydrogens is 214 g/mol. The van der Waals surface area contributed by atoms with Crippen molar-refractivity contribution < 1.29 is 4.74 Å². The van der Waals surface area contributed by atoms with Gasteiger partial charge in [-0.25, -0.2) is 9.97 Å². The topological polar surface area (TPSA) is 38.2 Å². The summed E-state index contributed by atoms with van der Waals surface area (Å²) in [5.74, 6) is 3.49. The number of hydrogen-bond donors (Lipinski definition) is 0. The summed E-state index contributed by atoms with van der Waals surface area (Å²) in [6, 6.07) is 1.96. The highest BCUT2D eigenvalue weighted by Crippen LogP contribution is 2.39. The van der Waals surface area contributed by atoms with Gasteiger partial charge in [0.05, 0.1) is 6.61 Å².